The van der Waals surface area contributed by atoms with E-state index < -0.39 is 0 Å². The topological polar surface area (TPSA) is 63.0 Å². The number of morpholine rings is 1. The molecule has 0 aromatic carbocycles. The quantitative estimate of drug-likeness (QED) is 0.813. The predicted molar refractivity (Wildman–Crippen MR) is 69.7 cm³/mol. The highest BCUT2D eigenvalue weighted by Gasteiger charge is 2.38. The second-order valence-corrected chi connectivity index (χ2v) is 5.09. The van der Waals surface area contributed by atoms with Crippen LogP contribution in [-0.2, 0) is 20.9 Å². The minimum Gasteiger partial charge on any atom is -0.467 e. The fraction of sp³-hybridized carbons (Fsp3) is 0.571. The third kappa shape index (κ3) is 2.56. The van der Waals surface area contributed by atoms with Crippen molar-refractivity contribution in [1.82, 2.24) is 9.80 Å². The van der Waals surface area contributed by atoms with Crippen LogP contribution in [0.5, 0.6) is 0 Å². The Morgan fingerprint density at radius 3 is 2.85 bits per heavy atom. The second kappa shape index (κ2) is 5.66. The van der Waals surface area contributed by atoms with Crippen LogP contribution in [-0.4, -0.2) is 54.0 Å². The normalized spacial score (nSPS) is 23.4. The number of furan rings is 1. The van der Waals surface area contributed by atoms with E-state index in [1.165, 1.54) is 0 Å². The van der Waals surface area contributed by atoms with E-state index in [4.69, 9.17) is 9.15 Å². The van der Waals surface area contributed by atoms with Crippen molar-refractivity contribution >= 4 is 11.8 Å². The van der Waals surface area contributed by atoms with Crippen molar-refractivity contribution in [3.8, 4) is 0 Å². The van der Waals surface area contributed by atoms with Crippen molar-refractivity contribution in [2.24, 2.45) is 0 Å². The summed E-state index contributed by atoms with van der Waals surface area (Å²) in [5.41, 5.74) is 0. The minimum absolute atomic E-state index is 0.0213. The van der Waals surface area contributed by atoms with E-state index >= 15 is 0 Å². The SMILES string of the molecule is O=C([C@@H]1CCC(=O)N1Cc1ccco1)N1CCOCC1. The molecule has 0 bridgehead atoms. The largest absolute Gasteiger partial charge is 0.467 e. The summed E-state index contributed by atoms with van der Waals surface area (Å²) in [7, 11) is 0. The van der Waals surface area contributed by atoms with Crippen LogP contribution < -0.4 is 0 Å². The lowest BCUT2D eigenvalue weighted by atomic mass is 10.2. The van der Waals surface area contributed by atoms with E-state index in [1.807, 2.05) is 6.07 Å². The third-order valence-electron chi connectivity index (χ3n) is 3.84. The maximum absolute atomic E-state index is 12.5. The van der Waals surface area contributed by atoms with Crippen molar-refractivity contribution in [1.29, 1.82) is 0 Å². The summed E-state index contributed by atoms with van der Waals surface area (Å²) in [6.07, 6.45) is 2.60. The number of rotatable bonds is 3. The first kappa shape index (κ1) is 13.2. The molecular weight excluding hydrogens is 260 g/mol. The Labute approximate surface area is 117 Å². The van der Waals surface area contributed by atoms with Gasteiger partial charge < -0.3 is 19.0 Å². The molecule has 0 radical (unpaired) electrons. The average molecular weight is 278 g/mol. The number of amides is 2. The van der Waals surface area contributed by atoms with Gasteiger partial charge in [0.05, 0.1) is 26.0 Å². The van der Waals surface area contributed by atoms with Gasteiger partial charge in [-0.3, -0.25) is 9.59 Å². The van der Waals surface area contributed by atoms with Crippen LogP contribution in [0.3, 0.4) is 0 Å². The smallest absolute Gasteiger partial charge is 0.245 e. The van der Waals surface area contributed by atoms with E-state index in [-0.39, 0.29) is 17.9 Å². The highest BCUT2D eigenvalue weighted by Crippen LogP contribution is 2.23. The number of likely N-dealkylation sites (tertiary alicyclic amines) is 1. The average Bonchev–Trinajstić information content (AvgIpc) is 3.11. The van der Waals surface area contributed by atoms with E-state index in [0.717, 1.165) is 0 Å². The number of ether oxygens (including phenoxy) is 1. The molecule has 2 amide bonds. The zero-order valence-corrected chi connectivity index (χ0v) is 11.3. The third-order valence-corrected chi connectivity index (χ3v) is 3.84. The first-order chi connectivity index (χ1) is 9.75. The van der Waals surface area contributed by atoms with Gasteiger partial charge in [0.1, 0.15) is 11.8 Å². The van der Waals surface area contributed by atoms with Crippen LogP contribution in [0.15, 0.2) is 22.8 Å². The number of hydrogen-bond acceptors (Lipinski definition) is 4. The zero-order chi connectivity index (χ0) is 13.9. The Hall–Kier alpha value is -1.82. The van der Waals surface area contributed by atoms with Crippen molar-refractivity contribution in [3.63, 3.8) is 0 Å². The summed E-state index contributed by atoms with van der Waals surface area (Å²) in [6, 6.07) is 3.25. The Bertz CT molecular complexity index is 479. The summed E-state index contributed by atoms with van der Waals surface area (Å²) >= 11 is 0. The summed E-state index contributed by atoms with van der Waals surface area (Å²) in [6.45, 7) is 2.73. The van der Waals surface area contributed by atoms with Gasteiger partial charge in [-0.15, -0.1) is 0 Å². The molecule has 1 aromatic heterocycles. The molecule has 108 valence electrons. The fourth-order valence-electron chi connectivity index (χ4n) is 2.75. The molecule has 0 N–H and O–H groups in total. The fourth-order valence-corrected chi connectivity index (χ4v) is 2.75. The number of nitrogens with zero attached hydrogens (tertiary/aromatic N) is 2. The Morgan fingerprint density at radius 2 is 2.15 bits per heavy atom. The monoisotopic (exact) mass is 278 g/mol. The maximum Gasteiger partial charge on any atom is 0.245 e. The standard InChI is InChI=1S/C14H18N2O4/c17-13-4-3-12(14(18)15-5-8-19-9-6-15)16(13)10-11-2-1-7-20-11/h1-2,7,12H,3-6,8-10H2/t12-/m0/s1. The predicted octanol–water partition coefficient (Wildman–Crippen LogP) is 0.629. The number of hydrogen-bond donors (Lipinski definition) is 0. The van der Waals surface area contributed by atoms with E-state index in [9.17, 15) is 9.59 Å². The molecule has 2 aliphatic heterocycles. The number of carbonyl (C=O) groups is 2. The maximum atomic E-state index is 12.5. The molecule has 1 aromatic rings. The summed E-state index contributed by atoms with van der Waals surface area (Å²) in [5, 5.41) is 0. The molecule has 0 spiro atoms. The van der Waals surface area contributed by atoms with Gasteiger partial charge in [-0.25, -0.2) is 0 Å². The van der Waals surface area contributed by atoms with Crippen molar-refractivity contribution in [2.75, 3.05) is 26.3 Å². The van der Waals surface area contributed by atoms with Gasteiger partial charge in [-0.1, -0.05) is 0 Å². The first-order valence-corrected chi connectivity index (χ1v) is 6.94. The zero-order valence-electron chi connectivity index (χ0n) is 11.3. The molecule has 20 heavy (non-hydrogen) atoms. The van der Waals surface area contributed by atoms with Gasteiger partial charge in [0.25, 0.3) is 0 Å². The van der Waals surface area contributed by atoms with E-state index in [2.05, 4.69) is 0 Å². The molecule has 6 heteroatoms. The molecule has 2 saturated heterocycles. The van der Waals surface area contributed by atoms with Crippen LogP contribution in [0.2, 0.25) is 0 Å². The van der Waals surface area contributed by atoms with Crippen molar-refractivity contribution in [2.45, 2.75) is 25.4 Å². The van der Waals surface area contributed by atoms with Gasteiger partial charge in [0.15, 0.2) is 0 Å². The number of carbonyl (C=O) groups excluding carboxylic acids is 2. The molecule has 0 unspecified atom stereocenters. The van der Waals surface area contributed by atoms with Crippen LogP contribution >= 0.6 is 0 Å². The Balaban J connectivity index is 1.70. The summed E-state index contributed by atoms with van der Waals surface area (Å²) < 4.78 is 10.5. The van der Waals surface area contributed by atoms with Crippen molar-refractivity contribution < 1.29 is 18.7 Å². The lowest BCUT2D eigenvalue weighted by Crippen LogP contribution is -2.50. The first-order valence-electron chi connectivity index (χ1n) is 6.94. The second-order valence-electron chi connectivity index (χ2n) is 5.09. The molecule has 0 aliphatic carbocycles. The molecular formula is C14H18N2O4. The van der Waals surface area contributed by atoms with E-state index in [1.54, 1.807) is 22.1 Å². The van der Waals surface area contributed by atoms with Gasteiger partial charge in [0, 0.05) is 19.5 Å². The summed E-state index contributed by atoms with van der Waals surface area (Å²) in [4.78, 5) is 27.9. The van der Waals surface area contributed by atoms with Gasteiger partial charge in [-0.2, -0.15) is 0 Å². The molecule has 0 saturated carbocycles. The van der Waals surface area contributed by atoms with Gasteiger partial charge >= 0.3 is 0 Å². The highest BCUT2D eigenvalue weighted by atomic mass is 16.5. The van der Waals surface area contributed by atoms with Crippen LogP contribution in [0, 0.1) is 0 Å². The van der Waals surface area contributed by atoms with Crippen LogP contribution in [0.4, 0.5) is 0 Å². The highest BCUT2D eigenvalue weighted by molar-refractivity contribution is 5.90. The Kier molecular flexibility index (Phi) is 3.73. The minimum atomic E-state index is -0.356. The van der Waals surface area contributed by atoms with Gasteiger partial charge in [-0.05, 0) is 18.6 Å². The molecule has 1 atom stereocenters. The van der Waals surface area contributed by atoms with Crippen LogP contribution in [0.25, 0.3) is 0 Å². The molecule has 6 nitrogen and oxygen atoms in total. The molecule has 2 fully saturated rings. The summed E-state index contributed by atoms with van der Waals surface area (Å²) in [5.74, 6) is 0.763. The van der Waals surface area contributed by atoms with Crippen molar-refractivity contribution in [3.05, 3.63) is 24.2 Å². The van der Waals surface area contributed by atoms with Gasteiger partial charge in [0.2, 0.25) is 11.8 Å². The van der Waals surface area contributed by atoms with Crippen LogP contribution in [0.1, 0.15) is 18.6 Å². The Morgan fingerprint density at radius 1 is 1.35 bits per heavy atom. The molecule has 3 rings (SSSR count). The lowest BCUT2D eigenvalue weighted by Gasteiger charge is -2.32. The molecule has 2 aliphatic rings. The lowest BCUT2D eigenvalue weighted by molar-refractivity contribution is -0.144. The van der Waals surface area contributed by atoms with E-state index in [0.29, 0.717) is 51.4 Å². The molecule has 3 heterocycles.